The van der Waals surface area contributed by atoms with Gasteiger partial charge in [-0.25, -0.2) is 14.5 Å². The number of anilines is 2. The maximum Gasteiger partial charge on any atom is 0.416 e. The number of carbonyl (C=O) groups is 4. The number of carbonyl (C=O) groups excluding carboxylic acids is 4. The van der Waals surface area contributed by atoms with Crippen molar-refractivity contribution in [2.24, 2.45) is 0 Å². The number of likely N-dealkylation sites (N-methyl/N-ethyl adjacent to an activating group) is 2. The molecule has 2 aromatic carbocycles. The van der Waals surface area contributed by atoms with E-state index < -0.39 is 53.2 Å². The van der Waals surface area contributed by atoms with Crippen LogP contribution in [0.1, 0.15) is 38.3 Å². The minimum absolute atomic E-state index is 0.275. The number of hydrogen-bond acceptors (Lipinski definition) is 7. The number of halogens is 2. The van der Waals surface area contributed by atoms with Gasteiger partial charge < -0.3 is 29.3 Å². The molecule has 4 amide bonds. The number of amides is 4. The van der Waals surface area contributed by atoms with E-state index in [1.807, 2.05) is 0 Å². The van der Waals surface area contributed by atoms with Gasteiger partial charge in [-0.05, 0) is 57.2 Å². The van der Waals surface area contributed by atoms with Crippen molar-refractivity contribution in [2.75, 3.05) is 30.5 Å². The fourth-order valence-corrected chi connectivity index (χ4v) is 6.48. The molecule has 0 aliphatic carbocycles. The van der Waals surface area contributed by atoms with E-state index in [9.17, 15) is 19.2 Å². The lowest BCUT2D eigenvalue weighted by Crippen LogP contribution is -2.70. The van der Waals surface area contributed by atoms with Gasteiger partial charge in [0.25, 0.3) is 17.5 Å². The molecule has 13 heteroatoms. The number of alkyl carbamates (subject to hydrolysis) is 1. The summed E-state index contributed by atoms with van der Waals surface area (Å²) in [6.07, 6.45) is -2.26. The molecule has 0 unspecified atom stereocenters. The number of fused-ring (bicyclic) bond motifs is 4. The van der Waals surface area contributed by atoms with E-state index in [4.69, 9.17) is 37.4 Å². The average molecular weight is 589 g/mol. The van der Waals surface area contributed by atoms with E-state index in [2.05, 4.69) is 5.32 Å². The van der Waals surface area contributed by atoms with Gasteiger partial charge in [-0.2, -0.15) is 0 Å². The third kappa shape index (κ3) is 3.40. The summed E-state index contributed by atoms with van der Waals surface area (Å²) in [4.78, 5) is 59.1. The summed E-state index contributed by atoms with van der Waals surface area (Å²) in [5, 5.41) is 3.32. The Morgan fingerprint density at radius 2 is 1.52 bits per heavy atom. The van der Waals surface area contributed by atoms with Gasteiger partial charge in [0.2, 0.25) is 5.72 Å². The van der Waals surface area contributed by atoms with Gasteiger partial charge in [0, 0.05) is 47.4 Å². The second-order valence-electron chi connectivity index (χ2n) is 11.3. The predicted molar refractivity (Wildman–Crippen MR) is 144 cm³/mol. The highest BCUT2D eigenvalue weighted by atomic mass is 35.5. The number of benzene rings is 2. The zero-order chi connectivity index (χ0) is 29.0. The number of nitrogens with zero attached hydrogens (tertiary/aromatic N) is 3. The van der Waals surface area contributed by atoms with Crippen LogP contribution in [0.2, 0.25) is 10.0 Å². The lowest BCUT2D eigenvalue weighted by atomic mass is 9.81. The highest BCUT2D eigenvalue weighted by molar-refractivity contribution is 6.31. The first-order valence-corrected chi connectivity index (χ1v) is 13.3. The van der Waals surface area contributed by atoms with Crippen LogP contribution in [-0.2, 0) is 35.1 Å². The maximum absolute atomic E-state index is 14.1. The second-order valence-corrected chi connectivity index (χ2v) is 12.2. The smallest absolute Gasteiger partial charge is 0.416 e. The van der Waals surface area contributed by atoms with Crippen LogP contribution in [-0.4, -0.2) is 60.9 Å². The van der Waals surface area contributed by atoms with E-state index in [1.54, 1.807) is 58.2 Å². The van der Waals surface area contributed by atoms with Gasteiger partial charge in [0.15, 0.2) is 5.54 Å². The lowest BCUT2D eigenvalue weighted by Gasteiger charge is -2.47. The van der Waals surface area contributed by atoms with Crippen molar-refractivity contribution in [1.29, 1.82) is 0 Å². The zero-order valence-electron chi connectivity index (χ0n) is 22.3. The number of ether oxygens (including phenoxy) is 3. The van der Waals surface area contributed by atoms with E-state index in [0.29, 0.717) is 27.0 Å². The van der Waals surface area contributed by atoms with Crippen molar-refractivity contribution >= 4 is 58.6 Å². The Morgan fingerprint density at radius 1 is 0.950 bits per heavy atom. The fraction of sp³-hybridized carbons (Fsp3) is 0.407. The second kappa shape index (κ2) is 8.25. The highest BCUT2D eigenvalue weighted by Gasteiger charge is 2.74. The number of rotatable bonds is 0. The van der Waals surface area contributed by atoms with Crippen molar-refractivity contribution in [1.82, 2.24) is 10.2 Å². The molecule has 0 aromatic heterocycles. The molecule has 0 saturated carbocycles. The topological polar surface area (TPSA) is 118 Å². The molecule has 40 heavy (non-hydrogen) atoms. The average Bonchev–Trinajstić information content (AvgIpc) is 3.35. The van der Waals surface area contributed by atoms with Crippen LogP contribution in [0.15, 0.2) is 36.4 Å². The normalized spacial score (nSPS) is 28.9. The third-order valence-corrected chi connectivity index (χ3v) is 8.14. The van der Waals surface area contributed by atoms with E-state index >= 15 is 0 Å². The van der Waals surface area contributed by atoms with Crippen LogP contribution in [0.3, 0.4) is 0 Å². The van der Waals surface area contributed by atoms with Crippen molar-refractivity contribution in [3.8, 4) is 0 Å². The Bertz CT molecular complexity index is 1530. The zero-order valence-corrected chi connectivity index (χ0v) is 23.8. The van der Waals surface area contributed by atoms with Crippen LogP contribution < -0.4 is 15.1 Å². The monoisotopic (exact) mass is 588 g/mol. The molecule has 2 aromatic rings. The molecular weight excluding hydrogens is 563 g/mol. The van der Waals surface area contributed by atoms with Gasteiger partial charge >= 0.3 is 12.2 Å². The highest BCUT2D eigenvalue weighted by Crippen LogP contribution is 2.57. The van der Waals surface area contributed by atoms with Crippen LogP contribution in [0.25, 0.3) is 0 Å². The quantitative estimate of drug-likeness (QED) is 0.492. The molecule has 2 fully saturated rings. The molecule has 0 bridgehead atoms. The molecule has 3 spiro atoms. The van der Waals surface area contributed by atoms with Gasteiger partial charge in [0.05, 0.1) is 5.69 Å². The number of nitrogens with one attached hydrogen (secondary N) is 1. The summed E-state index contributed by atoms with van der Waals surface area (Å²) < 4.78 is 17.9. The van der Waals surface area contributed by atoms with E-state index in [-0.39, 0.29) is 12.0 Å². The Morgan fingerprint density at radius 3 is 2.15 bits per heavy atom. The van der Waals surface area contributed by atoms with Crippen LogP contribution in [0.4, 0.5) is 21.0 Å². The molecule has 11 nitrogen and oxygen atoms in total. The van der Waals surface area contributed by atoms with Gasteiger partial charge in [-0.3, -0.25) is 9.59 Å². The first kappa shape index (κ1) is 26.7. The Kier molecular flexibility index (Phi) is 5.50. The summed E-state index contributed by atoms with van der Waals surface area (Å²) in [5.74, 6) is -1.08. The SMILES string of the molecule is CN1C(=O)[C@@]2(C[C@]3(CO[C@@]4(C(=O)N(C)c5ccc(Cl)cc54)N3C(=O)OC(C)(C)C)OC(=O)N2)c2cc(Cl)ccc21. The van der Waals surface area contributed by atoms with Gasteiger partial charge in [-0.15, -0.1) is 0 Å². The minimum Gasteiger partial charge on any atom is -0.444 e. The molecule has 210 valence electrons. The van der Waals surface area contributed by atoms with Crippen molar-refractivity contribution in [2.45, 2.75) is 49.8 Å². The van der Waals surface area contributed by atoms with Gasteiger partial charge in [-0.1, -0.05) is 23.2 Å². The molecular formula is C27H26Cl2N4O7. The van der Waals surface area contributed by atoms with E-state index in [1.165, 1.54) is 22.9 Å². The van der Waals surface area contributed by atoms with Crippen LogP contribution in [0.5, 0.6) is 0 Å². The lowest BCUT2D eigenvalue weighted by molar-refractivity contribution is -0.170. The maximum atomic E-state index is 14.1. The number of hydrogen-bond donors (Lipinski definition) is 1. The fourth-order valence-electron chi connectivity index (χ4n) is 6.13. The summed E-state index contributed by atoms with van der Waals surface area (Å²) in [6.45, 7) is 4.56. The Balaban J connectivity index is 1.58. The molecule has 4 aliphatic heterocycles. The van der Waals surface area contributed by atoms with Crippen molar-refractivity contribution in [3.63, 3.8) is 0 Å². The molecule has 2 saturated heterocycles. The minimum atomic E-state index is -2.08. The van der Waals surface area contributed by atoms with E-state index in [0.717, 1.165) is 4.90 Å². The molecule has 0 radical (unpaired) electrons. The Hall–Kier alpha value is -3.54. The predicted octanol–water partition coefficient (Wildman–Crippen LogP) is 4.09. The summed E-state index contributed by atoms with van der Waals surface area (Å²) >= 11 is 12.7. The largest absolute Gasteiger partial charge is 0.444 e. The van der Waals surface area contributed by atoms with Crippen molar-refractivity contribution in [3.05, 3.63) is 57.6 Å². The summed E-state index contributed by atoms with van der Waals surface area (Å²) in [5.41, 5.74) is -5.02. The first-order chi connectivity index (χ1) is 18.6. The standard InChI is InChI=1S/C27H26Cl2N4O7/c1-24(2,3)40-23(37)33-25(13-38-27(33)17-11-15(29)7-9-19(17)32(5)21(27)35)12-26(30-22(36)39-25)16-10-14(28)6-8-18(16)31(4)20(26)34/h6-11H,12-13H2,1-5H3,(H,30,36)/t25-,26-,27+/m1/s1. The molecule has 6 rings (SSSR count). The summed E-state index contributed by atoms with van der Waals surface area (Å²) in [6, 6.07) is 9.66. The molecule has 1 N–H and O–H groups in total. The van der Waals surface area contributed by atoms with Crippen LogP contribution in [0, 0.1) is 0 Å². The molecule has 4 heterocycles. The Labute approximate surface area is 239 Å². The van der Waals surface area contributed by atoms with Crippen molar-refractivity contribution < 1.29 is 33.4 Å². The first-order valence-electron chi connectivity index (χ1n) is 12.5. The third-order valence-electron chi connectivity index (χ3n) is 7.67. The van der Waals surface area contributed by atoms with Gasteiger partial charge in [0.1, 0.15) is 12.2 Å². The van der Waals surface area contributed by atoms with Crippen LogP contribution >= 0.6 is 23.2 Å². The summed E-state index contributed by atoms with van der Waals surface area (Å²) in [7, 11) is 3.11. The molecule has 4 aliphatic rings. The molecule has 3 atom stereocenters.